The van der Waals surface area contributed by atoms with Crippen LogP contribution in [0.1, 0.15) is 17.7 Å². The van der Waals surface area contributed by atoms with Crippen LogP contribution in [0.15, 0.2) is 42.7 Å². The first-order valence-electron chi connectivity index (χ1n) is 8.10. The number of pyridine rings is 2. The molecule has 0 aromatic carbocycles. The van der Waals surface area contributed by atoms with E-state index in [1.807, 2.05) is 24.3 Å². The standard InChI is InChI=1S/C18H20N4O3/c1-25-18-13(5-4-8-20-18)10-21-17(24)14-9-16(23)22(11-14)12-15-6-2-3-7-19-15/h2-8,14H,9-12H2,1H3,(H,21,24)/t14-/m1/s1. The highest BCUT2D eigenvalue weighted by atomic mass is 16.5. The van der Waals surface area contributed by atoms with Gasteiger partial charge in [-0.3, -0.25) is 14.6 Å². The molecule has 2 amide bonds. The molecule has 0 unspecified atom stereocenters. The van der Waals surface area contributed by atoms with Crippen molar-refractivity contribution < 1.29 is 14.3 Å². The number of likely N-dealkylation sites (tertiary alicyclic amines) is 1. The van der Waals surface area contributed by atoms with E-state index in [1.54, 1.807) is 30.5 Å². The predicted molar refractivity (Wildman–Crippen MR) is 90.4 cm³/mol. The minimum atomic E-state index is -0.348. The zero-order valence-electron chi connectivity index (χ0n) is 14.0. The average molecular weight is 340 g/mol. The van der Waals surface area contributed by atoms with Gasteiger partial charge in [-0.05, 0) is 18.2 Å². The number of amides is 2. The van der Waals surface area contributed by atoms with Crippen molar-refractivity contribution in [3.8, 4) is 5.88 Å². The van der Waals surface area contributed by atoms with Gasteiger partial charge in [0.1, 0.15) is 0 Å². The molecule has 3 rings (SSSR count). The van der Waals surface area contributed by atoms with Crippen LogP contribution in [0.5, 0.6) is 5.88 Å². The molecule has 2 aromatic heterocycles. The molecule has 0 bridgehead atoms. The highest BCUT2D eigenvalue weighted by Crippen LogP contribution is 2.20. The van der Waals surface area contributed by atoms with E-state index in [0.717, 1.165) is 11.3 Å². The fraction of sp³-hybridized carbons (Fsp3) is 0.333. The van der Waals surface area contributed by atoms with Crippen LogP contribution < -0.4 is 10.1 Å². The van der Waals surface area contributed by atoms with Gasteiger partial charge >= 0.3 is 0 Å². The zero-order chi connectivity index (χ0) is 17.6. The highest BCUT2D eigenvalue weighted by Gasteiger charge is 2.34. The molecular weight excluding hydrogens is 320 g/mol. The van der Waals surface area contributed by atoms with E-state index < -0.39 is 0 Å². The Morgan fingerprint density at radius 3 is 2.88 bits per heavy atom. The van der Waals surface area contributed by atoms with Crippen LogP contribution in [-0.4, -0.2) is 40.3 Å². The highest BCUT2D eigenvalue weighted by molar-refractivity contribution is 5.89. The maximum atomic E-state index is 12.4. The molecule has 0 aliphatic carbocycles. The van der Waals surface area contributed by atoms with E-state index >= 15 is 0 Å². The van der Waals surface area contributed by atoms with Crippen molar-refractivity contribution in [2.24, 2.45) is 5.92 Å². The number of rotatable bonds is 6. The van der Waals surface area contributed by atoms with E-state index in [1.165, 1.54) is 0 Å². The van der Waals surface area contributed by atoms with Crippen molar-refractivity contribution in [2.45, 2.75) is 19.5 Å². The molecule has 1 aliphatic heterocycles. The van der Waals surface area contributed by atoms with Gasteiger partial charge in [0.2, 0.25) is 17.7 Å². The number of ether oxygens (including phenoxy) is 1. The smallest absolute Gasteiger partial charge is 0.225 e. The summed E-state index contributed by atoms with van der Waals surface area (Å²) < 4.78 is 5.17. The van der Waals surface area contributed by atoms with E-state index in [0.29, 0.717) is 25.5 Å². The predicted octanol–water partition coefficient (Wildman–Crippen LogP) is 1.15. The number of hydrogen-bond donors (Lipinski definition) is 1. The Balaban J connectivity index is 1.55. The van der Waals surface area contributed by atoms with Crippen LogP contribution in [0.25, 0.3) is 0 Å². The largest absolute Gasteiger partial charge is 0.481 e. The summed E-state index contributed by atoms with van der Waals surface area (Å²) in [7, 11) is 1.54. The maximum Gasteiger partial charge on any atom is 0.225 e. The Bertz CT molecular complexity index is 751. The molecule has 7 nitrogen and oxygen atoms in total. The second kappa shape index (κ2) is 7.74. The second-order valence-electron chi connectivity index (χ2n) is 5.89. The van der Waals surface area contributed by atoms with Crippen LogP contribution >= 0.6 is 0 Å². The molecule has 1 saturated heterocycles. The van der Waals surface area contributed by atoms with Gasteiger partial charge in [0.25, 0.3) is 0 Å². The summed E-state index contributed by atoms with van der Waals surface area (Å²) in [5.41, 5.74) is 1.62. The molecule has 1 N–H and O–H groups in total. The molecule has 130 valence electrons. The van der Waals surface area contributed by atoms with Crippen molar-refractivity contribution in [1.29, 1.82) is 0 Å². The van der Waals surface area contributed by atoms with Crippen LogP contribution in [0.4, 0.5) is 0 Å². The van der Waals surface area contributed by atoms with Gasteiger partial charge in [0, 0.05) is 37.5 Å². The van der Waals surface area contributed by atoms with Crippen LogP contribution in [0, 0.1) is 5.92 Å². The fourth-order valence-corrected chi connectivity index (χ4v) is 2.86. The lowest BCUT2D eigenvalue weighted by Crippen LogP contribution is -2.32. The molecule has 25 heavy (non-hydrogen) atoms. The summed E-state index contributed by atoms with van der Waals surface area (Å²) in [5.74, 6) is -0.0199. The van der Waals surface area contributed by atoms with Crippen molar-refractivity contribution >= 4 is 11.8 Å². The molecule has 1 atom stereocenters. The lowest BCUT2D eigenvalue weighted by Gasteiger charge is -2.16. The van der Waals surface area contributed by atoms with Gasteiger partial charge in [-0.1, -0.05) is 12.1 Å². The molecule has 0 spiro atoms. The van der Waals surface area contributed by atoms with Crippen molar-refractivity contribution in [3.63, 3.8) is 0 Å². The minimum absolute atomic E-state index is 0.0234. The third-order valence-corrected chi connectivity index (χ3v) is 4.16. The summed E-state index contributed by atoms with van der Waals surface area (Å²) in [5, 5.41) is 2.87. The maximum absolute atomic E-state index is 12.4. The quantitative estimate of drug-likeness (QED) is 0.853. The van der Waals surface area contributed by atoms with Gasteiger partial charge in [-0.15, -0.1) is 0 Å². The third-order valence-electron chi connectivity index (χ3n) is 4.16. The number of nitrogens with zero attached hydrogens (tertiary/aromatic N) is 3. The van der Waals surface area contributed by atoms with Gasteiger partial charge < -0.3 is 15.0 Å². The van der Waals surface area contributed by atoms with Gasteiger partial charge in [0.05, 0.1) is 25.3 Å². The first-order valence-corrected chi connectivity index (χ1v) is 8.10. The summed E-state index contributed by atoms with van der Waals surface area (Å²) in [6, 6.07) is 9.22. The summed E-state index contributed by atoms with van der Waals surface area (Å²) in [6.45, 7) is 1.16. The average Bonchev–Trinajstić information content (AvgIpc) is 3.01. The topological polar surface area (TPSA) is 84.4 Å². The van der Waals surface area contributed by atoms with Gasteiger partial charge in [-0.2, -0.15) is 0 Å². The van der Waals surface area contributed by atoms with Crippen molar-refractivity contribution in [3.05, 3.63) is 54.0 Å². The minimum Gasteiger partial charge on any atom is -0.481 e. The number of carbonyl (C=O) groups excluding carboxylic acids is 2. The SMILES string of the molecule is COc1ncccc1CNC(=O)[C@@H]1CC(=O)N(Cc2ccccn2)C1. The summed E-state index contributed by atoms with van der Waals surface area (Å²) in [6.07, 6.45) is 3.56. The number of hydrogen-bond acceptors (Lipinski definition) is 5. The van der Waals surface area contributed by atoms with Gasteiger partial charge in [-0.25, -0.2) is 4.98 Å². The molecule has 2 aromatic rings. The van der Waals surface area contributed by atoms with E-state index in [4.69, 9.17) is 4.74 Å². The van der Waals surface area contributed by atoms with Crippen LogP contribution in [0.2, 0.25) is 0 Å². The molecular formula is C18H20N4O3. The molecule has 0 radical (unpaired) electrons. The molecule has 1 fully saturated rings. The molecule has 3 heterocycles. The lowest BCUT2D eigenvalue weighted by atomic mass is 10.1. The van der Waals surface area contributed by atoms with E-state index in [9.17, 15) is 9.59 Å². The van der Waals surface area contributed by atoms with Crippen molar-refractivity contribution in [1.82, 2.24) is 20.2 Å². The van der Waals surface area contributed by atoms with E-state index in [2.05, 4.69) is 15.3 Å². The monoisotopic (exact) mass is 340 g/mol. The number of methoxy groups -OCH3 is 1. The Morgan fingerprint density at radius 1 is 1.28 bits per heavy atom. The lowest BCUT2D eigenvalue weighted by molar-refractivity contribution is -0.129. The molecule has 7 heteroatoms. The normalized spacial score (nSPS) is 16.8. The zero-order valence-corrected chi connectivity index (χ0v) is 14.0. The number of carbonyl (C=O) groups is 2. The fourth-order valence-electron chi connectivity index (χ4n) is 2.86. The first-order chi connectivity index (χ1) is 12.2. The Labute approximate surface area is 146 Å². The van der Waals surface area contributed by atoms with E-state index in [-0.39, 0.29) is 24.2 Å². The Hall–Kier alpha value is -2.96. The first kappa shape index (κ1) is 16.9. The van der Waals surface area contributed by atoms with Crippen LogP contribution in [0.3, 0.4) is 0 Å². The summed E-state index contributed by atoms with van der Waals surface area (Å²) in [4.78, 5) is 34.6. The Kier molecular flexibility index (Phi) is 5.23. The molecule has 0 saturated carbocycles. The van der Waals surface area contributed by atoms with Crippen molar-refractivity contribution in [2.75, 3.05) is 13.7 Å². The van der Waals surface area contributed by atoms with Gasteiger partial charge in [0.15, 0.2) is 0 Å². The molecule has 1 aliphatic rings. The summed E-state index contributed by atoms with van der Waals surface area (Å²) >= 11 is 0. The Morgan fingerprint density at radius 2 is 2.12 bits per heavy atom. The third kappa shape index (κ3) is 4.12. The van der Waals surface area contributed by atoms with Crippen LogP contribution in [-0.2, 0) is 22.7 Å². The number of nitrogens with one attached hydrogen (secondary N) is 1. The number of aromatic nitrogens is 2. The second-order valence-corrected chi connectivity index (χ2v) is 5.89.